The maximum absolute atomic E-state index is 10.4. The van der Waals surface area contributed by atoms with Crippen LogP contribution in [0.15, 0.2) is 30.3 Å². The normalized spacial score (nSPS) is 9.62. The van der Waals surface area contributed by atoms with Crippen LogP contribution in [0.2, 0.25) is 0 Å². The number of hydrogen-bond acceptors (Lipinski definition) is 1. The molecule has 4 heteroatoms. The summed E-state index contributed by atoms with van der Waals surface area (Å²) >= 11 is 2.93. The van der Waals surface area contributed by atoms with E-state index in [4.69, 9.17) is 5.11 Å². The third-order valence-corrected chi connectivity index (χ3v) is 2.31. The Morgan fingerprint density at radius 2 is 2.00 bits per heavy atom. The van der Waals surface area contributed by atoms with Crippen LogP contribution in [0.1, 0.15) is 5.56 Å². The van der Waals surface area contributed by atoms with E-state index in [1.165, 1.54) is 0 Å². The van der Waals surface area contributed by atoms with Gasteiger partial charge in [-0.15, -0.1) is 0 Å². The number of benzene rings is 1. The Morgan fingerprint density at radius 1 is 1.38 bits per heavy atom. The molecule has 0 saturated carbocycles. The molecule has 1 amide bonds. The second-order valence-corrected chi connectivity index (χ2v) is 3.46. The van der Waals surface area contributed by atoms with Crippen LogP contribution in [-0.4, -0.2) is 21.7 Å². The summed E-state index contributed by atoms with van der Waals surface area (Å²) < 4.78 is 1.10. The zero-order chi connectivity index (χ0) is 9.68. The summed E-state index contributed by atoms with van der Waals surface area (Å²) in [5.74, 6) is 0. The predicted molar refractivity (Wildman–Crippen MR) is 53.8 cm³/mol. The van der Waals surface area contributed by atoms with E-state index in [0.717, 1.165) is 15.9 Å². The van der Waals surface area contributed by atoms with Gasteiger partial charge in [0.2, 0.25) is 0 Å². The number of carbonyl (C=O) groups is 1. The minimum atomic E-state index is -0.962. The fraction of sp³-hybridized carbons (Fsp3) is 0.222. The van der Waals surface area contributed by atoms with Gasteiger partial charge in [-0.2, -0.15) is 0 Å². The molecule has 1 aromatic rings. The van der Waals surface area contributed by atoms with Gasteiger partial charge in [-0.1, -0.05) is 30.3 Å². The van der Waals surface area contributed by atoms with Gasteiger partial charge in [0.05, 0.1) is 16.1 Å². The fourth-order valence-corrected chi connectivity index (χ4v) is 1.14. The SMILES string of the molecule is O=C(O)N(Br)CCc1ccccc1. The molecular weight excluding hydrogens is 234 g/mol. The summed E-state index contributed by atoms with van der Waals surface area (Å²) in [4.78, 5) is 10.4. The standard InChI is InChI=1S/C9H10BrNO2/c10-11(9(12)13)7-6-8-4-2-1-3-5-8/h1-5H,6-7H2,(H,12,13). The summed E-state index contributed by atoms with van der Waals surface area (Å²) in [6, 6.07) is 9.77. The third-order valence-electron chi connectivity index (χ3n) is 1.65. The molecular formula is C9H10BrNO2. The molecule has 0 heterocycles. The van der Waals surface area contributed by atoms with Gasteiger partial charge in [-0.3, -0.25) is 0 Å². The van der Waals surface area contributed by atoms with Gasteiger partial charge in [0.25, 0.3) is 0 Å². The van der Waals surface area contributed by atoms with Gasteiger partial charge < -0.3 is 5.11 Å². The predicted octanol–water partition coefficient (Wildman–Crippen LogP) is 2.52. The maximum atomic E-state index is 10.4. The first-order chi connectivity index (χ1) is 6.20. The molecule has 1 rings (SSSR count). The first-order valence-corrected chi connectivity index (χ1v) is 4.61. The number of halogens is 1. The Kier molecular flexibility index (Phi) is 3.76. The van der Waals surface area contributed by atoms with Crippen LogP contribution in [0.5, 0.6) is 0 Å². The molecule has 0 aliphatic rings. The van der Waals surface area contributed by atoms with Crippen LogP contribution in [0.4, 0.5) is 4.79 Å². The minimum absolute atomic E-state index is 0.458. The molecule has 0 atom stereocenters. The summed E-state index contributed by atoms with van der Waals surface area (Å²) in [6.07, 6.45) is -0.241. The van der Waals surface area contributed by atoms with Crippen molar-refractivity contribution < 1.29 is 9.90 Å². The molecule has 3 nitrogen and oxygen atoms in total. The van der Waals surface area contributed by atoms with Crippen molar-refractivity contribution in [2.24, 2.45) is 0 Å². The first kappa shape index (κ1) is 10.1. The van der Waals surface area contributed by atoms with E-state index < -0.39 is 6.09 Å². The summed E-state index contributed by atoms with van der Waals surface area (Å²) in [6.45, 7) is 0.458. The Bertz CT molecular complexity index is 276. The van der Waals surface area contributed by atoms with Crippen molar-refractivity contribution >= 4 is 22.2 Å². The highest BCUT2D eigenvalue weighted by atomic mass is 79.9. The van der Waals surface area contributed by atoms with Crippen LogP contribution in [-0.2, 0) is 6.42 Å². The van der Waals surface area contributed by atoms with Crippen molar-refractivity contribution in [3.05, 3.63) is 35.9 Å². The van der Waals surface area contributed by atoms with E-state index in [2.05, 4.69) is 16.1 Å². The smallest absolute Gasteiger partial charge is 0.417 e. The number of amides is 1. The second-order valence-electron chi connectivity index (χ2n) is 2.60. The highest BCUT2D eigenvalue weighted by Crippen LogP contribution is 2.04. The van der Waals surface area contributed by atoms with Gasteiger partial charge in [0.1, 0.15) is 0 Å². The lowest BCUT2D eigenvalue weighted by atomic mass is 10.1. The van der Waals surface area contributed by atoms with Gasteiger partial charge >= 0.3 is 6.09 Å². The molecule has 0 aliphatic heterocycles. The fourth-order valence-electron chi connectivity index (χ4n) is 0.968. The van der Waals surface area contributed by atoms with Gasteiger partial charge in [0.15, 0.2) is 0 Å². The molecule has 0 radical (unpaired) electrons. The van der Waals surface area contributed by atoms with Crippen LogP contribution in [0.25, 0.3) is 0 Å². The average molecular weight is 244 g/mol. The zero-order valence-corrected chi connectivity index (χ0v) is 8.57. The van der Waals surface area contributed by atoms with Crippen molar-refractivity contribution in [2.45, 2.75) is 6.42 Å². The van der Waals surface area contributed by atoms with Crippen LogP contribution < -0.4 is 0 Å². The number of hydrogen-bond donors (Lipinski definition) is 1. The largest absolute Gasteiger partial charge is 0.464 e. The molecule has 13 heavy (non-hydrogen) atoms. The molecule has 0 spiro atoms. The molecule has 0 aromatic heterocycles. The minimum Gasteiger partial charge on any atom is -0.464 e. The van der Waals surface area contributed by atoms with Gasteiger partial charge in [-0.05, 0) is 12.0 Å². The van der Waals surface area contributed by atoms with Crippen molar-refractivity contribution in [1.82, 2.24) is 3.93 Å². The van der Waals surface area contributed by atoms with Crippen molar-refractivity contribution in [2.75, 3.05) is 6.54 Å². The van der Waals surface area contributed by atoms with E-state index in [-0.39, 0.29) is 0 Å². The topological polar surface area (TPSA) is 40.5 Å². The summed E-state index contributed by atoms with van der Waals surface area (Å²) in [7, 11) is 0. The van der Waals surface area contributed by atoms with E-state index in [9.17, 15) is 4.79 Å². The lowest BCUT2D eigenvalue weighted by Gasteiger charge is -2.09. The Hall–Kier alpha value is -1.03. The third kappa shape index (κ3) is 3.46. The van der Waals surface area contributed by atoms with Gasteiger partial charge in [-0.25, -0.2) is 8.72 Å². The first-order valence-electron chi connectivity index (χ1n) is 3.90. The molecule has 1 aromatic carbocycles. The number of nitrogens with zero attached hydrogens (tertiary/aromatic N) is 1. The average Bonchev–Trinajstić information content (AvgIpc) is 2.15. The summed E-state index contributed by atoms with van der Waals surface area (Å²) in [5.41, 5.74) is 1.13. The Labute approximate surface area is 85.3 Å². The lowest BCUT2D eigenvalue weighted by molar-refractivity contribution is 0.177. The second kappa shape index (κ2) is 4.87. The van der Waals surface area contributed by atoms with E-state index in [1.54, 1.807) is 0 Å². The van der Waals surface area contributed by atoms with Crippen LogP contribution in [0, 0.1) is 0 Å². The van der Waals surface area contributed by atoms with E-state index in [1.807, 2.05) is 30.3 Å². The van der Waals surface area contributed by atoms with Crippen molar-refractivity contribution in [3.8, 4) is 0 Å². The monoisotopic (exact) mass is 243 g/mol. The summed E-state index contributed by atoms with van der Waals surface area (Å²) in [5, 5.41) is 8.54. The van der Waals surface area contributed by atoms with E-state index >= 15 is 0 Å². The van der Waals surface area contributed by atoms with Gasteiger partial charge in [0, 0.05) is 6.54 Å². The Morgan fingerprint density at radius 3 is 2.54 bits per heavy atom. The molecule has 0 fully saturated rings. The maximum Gasteiger partial charge on any atom is 0.417 e. The number of rotatable bonds is 3. The molecule has 70 valence electrons. The van der Waals surface area contributed by atoms with Crippen molar-refractivity contribution in [1.29, 1.82) is 0 Å². The van der Waals surface area contributed by atoms with E-state index in [0.29, 0.717) is 6.54 Å². The Balaban J connectivity index is 2.39. The van der Waals surface area contributed by atoms with Crippen LogP contribution in [0.3, 0.4) is 0 Å². The molecule has 0 saturated heterocycles. The molecule has 0 unspecified atom stereocenters. The zero-order valence-electron chi connectivity index (χ0n) is 6.98. The number of carboxylic acid groups (broad SMARTS) is 1. The highest BCUT2D eigenvalue weighted by Gasteiger charge is 2.06. The quantitative estimate of drug-likeness (QED) is 0.830. The molecule has 0 aliphatic carbocycles. The van der Waals surface area contributed by atoms with Crippen molar-refractivity contribution in [3.63, 3.8) is 0 Å². The highest BCUT2D eigenvalue weighted by molar-refractivity contribution is 9.07. The lowest BCUT2D eigenvalue weighted by Crippen LogP contribution is -2.20. The molecule has 1 N–H and O–H groups in total. The van der Waals surface area contributed by atoms with Crippen LogP contribution >= 0.6 is 16.1 Å². The molecule has 0 bridgehead atoms.